The minimum Gasteiger partial charge on any atom is -0.493 e. The zero-order chi connectivity index (χ0) is 24.0. The molecular weight excluding hydrogens is 452 g/mol. The van der Waals surface area contributed by atoms with Crippen molar-refractivity contribution in [1.82, 2.24) is 0 Å². The second-order valence-corrected chi connectivity index (χ2v) is 8.66. The number of hydrogen-bond donors (Lipinski definition) is 1. The molecule has 0 fully saturated rings. The lowest BCUT2D eigenvalue weighted by molar-refractivity contribution is -0.0512. The second kappa shape index (κ2) is 10.3. The Morgan fingerprint density at radius 3 is 2.24 bits per heavy atom. The molecule has 0 radical (unpaired) electrons. The van der Waals surface area contributed by atoms with Crippen molar-refractivity contribution >= 4 is 27.6 Å². The molecule has 6 nitrogen and oxygen atoms in total. The Bertz CT molecular complexity index is 1260. The van der Waals surface area contributed by atoms with Crippen molar-refractivity contribution in [1.29, 1.82) is 0 Å². The number of ketones is 1. The summed E-state index contributed by atoms with van der Waals surface area (Å²) >= 11 is 0. The molecule has 0 spiro atoms. The molecule has 0 aliphatic heterocycles. The fourth-order valence-corrected chi connectivity index (χ4v) is 3.94. The Morgan fingerprint density at radius 1 is 0.970 bits per heavy atom. The van der Waals surface area contributed by atoms with Crippen LogP contribution in [-0.4, -0.2) is 27.9 Å². The van der Waals surface area contributed by atoms with Gasteiger partial charge in [-0.1, -0.05) is 29.8 Å². The van der Waals surface area contributed by atoms with Crippen LogP contribution in [-0.2, 0) is 10.0 Å². The first kappa shape index (κ1) is 23.9. The van der Waals surface area contributed by atoms with Crippen molar-refractivity contribution in [2.45, 2.75) is 18.4 Å². The number of sulfonamides is 1. The van der Waals surface area contributed by atoms with Crippen molar-refractivity contribution in [2.24, 2.45) is 0 Å². The number of anilines is 1. The largest absolute Gasteiger partial charge is 0.493 e. The highest BCUT2D eigenvalue weighted by Gasteiger charge is 2.14. The molecule has 1 N–H and O–H groups in total. The van der Waals surface area contributed by atoms with Crippen LogP contribution in [0.1, 0.15) is 21.5 Å². The van der Waals surface area contributed by atoms with E-state index >= 15 is 0 Å². The third-order valence-corrected chi connectivity index (χ3v) is 5.98. The first-order chi connectivity index (χ1) is 15.7. The lowest BCUT2D eigenvalue weighted by Crippen LogP contribution is -2.13. The van der Waals surface area contributed by atoms with Crippen LogP contribution >= 0.6 is 0 Å². The lowest BCUT2D eigenvalue weighted by atomic mass is 10.1. The van der Waals surface area contributed by atoms with E-state index in [1.54, 1.807) is 12.1 Å². The zero-order valence-electron chi connectivity index (χ0n) is 17.8. The fourth-order valence-electron chi connectivity index (χ4n) is 2.88. The Morgan fingerprint density at radius 2 is 1.64 bits per heavy atom. The fraction of sp³-hybridized carbons (Fsp3) is 0.125. The Balaban J connectivity index is 1.69. The van der Waals surface area contributed by atoms with E-state index in [0.717, 1.165) is 5.56 Å². The summed E-state index contributed by atoms with van der Waals surface area (Å²) in [5.41, 5.74) is 2.15. The molecule has 0 bridgehead atoms. The third kappa shape index (κ3) is 6.39. The Hall–Kier alpha value is -3.72. The molecule has 3 aromatic rings. The van der Waals surface area contributed by atoms with E-state index in [4.69, 9.17) is 4.74 Å². The number of methoxy groups -OCH3 is 1. The van der Waals surface area contributed by atoms with Gasteiger partial charge < -0.3 is 9.47 Å². The predicted octanol–water partition coefficient (Wildman–Crippen LogP) is 5.30. The average molecular weight is 473 g/mol. The van der Waals surface area contributed by atoms with Crippen molar-refractivity contribution in [3.05, 3.63) is 89.5 Å². The molecule has 0 aromatic heterocycles. The summed E-state index contributed by atoms with van der Waals surface area (Å²) in [5.74, 6) is -0.329. The Labute approximate surface area is 190 Å². The monoisotopic (exact) mass is 473 g/mol. The molecule has 0 saturated carbocycles. The molecule has 0 unspecified atom stereocenters. The zero-order valence-corrected chi connectivity index (χ0v) is 18.6. The highest BCUT2D eigenvalue weighted by atomic mass is 32.2. The minimum absolute atomic E-state index is 0.107. The SMILES string of the molecule is COc1cc(C=CC(=O)c2ccc(NS(=O)(=O)c3ccc(C)cc3)cc2)ccc1OC(F)F. The first-order valence-electron chi connectivity index (χ1n) is 9.73. The first-order valence-corrected chi connectivity index (χ1v) is 11.2. The maximum Gasteiger partial charge on any atom is 0.387 e. The number of halogens is 2. The van der Waals surface area contributed by atoms with Crippen LogP contribution in [0.15, 0.2) is 77.7 Å². The molecule has 0 atom stereocenters. The molecule has 9 heteroatoms. The molecule has 172 valence electrons. The summed E-state index contributed by atoms with van der Waals surface area (Å²) in [7, 11) is -2.42. The number of benzene rings is 3. The smallest absolute Gasteiger partial charge is 0.387 e. The van der Waals surface area contributed by atoms with Crippen LogP contribution in [0.5, 0.6) is 11.5 Å². The molecule has 0 amide bonds. The van der Waals surface area contributed by atoms with E-state index in [1.807, 2.05) is 6.92 Å². The summed E-state index contributed by atoms with van der Waals surface area (Å²) in [6, 6.07) is 16.7. The minimum atomic E-state index is -3.75. The molecular formula is C24H21F2NO5S. The van der Waals surface area contributed by atoms with E-state index in [-0.39, 0.29) is 22.2 Å². The van der Waals surface area contributed by atoms with Gasteiger partial charge in [-0.15, -0.1) is 0 Å². The number of allylic oxidation sites excluding steroid dienone is 1. The van der Waals surface area contributed by atoms with Gasteiger partial charge in [0.25, 0.3) is 10.0 Å². The maximum absolute atomic E-state index is 12.5. The van der Waals surface area contributed by atoms with Gasteiger partial charge in [-0.3, -0.25) is 9.52 Å². The summed E-state index contributed by atoms with van der Waals surface area (Å²) in [5, 5.41) is 0. The number of aryl methyl sites for hydroxylation is 1. The normalized spacial score (nSPS) is 11.5. The van der Waals surface area contributed by atoms with Crippen LogP contribution in [0.4, 0.5) is 14.5 Å². The summed E-state index contributed by atoms with van der Waals surface area (Å²) < 4.78 is 61.7. The van der Waals surface area contributed by atoms with Gasteiger partial charge in [0, 0.05) is 11.3 Å². The van der Waals surface area contributed by atoms with Crippen LogP contribution in [0.2, 0.25) is 0 Å². The maximum atomic E-state index is 12.5. The summed E-state index contributed by atoms with van der Waals surface area (Å²) in [6.07, 6.45) is 2.82. The van der Waals surface area contributed by atoms with E-state index in [0.29, 0.717) is 16.8 Å². The van der Waals surface area contributed by atoms with Crippen LogP contribution < -0.4 is 14.2 Å². The van der Waals surface area contributed by atoms with Gasteiger partial charge in [-0.05, 0) is 67.1 Å². The number of ether oxygens (including phenoxy) is 2. The van der Waals surface area contributed by atoms with Gasteiger partial charge in [0.15, 0.2) is 17.3 Å². The number of carbonyl (C=O) groups is 1. The topological polar surface area (TPSA) is 81.7 Å². The summed E-state index contributed by atoms with van der Waals surface area (Å²) in [6.45, 7) is -1.12. The van der Waals surface area contributed by atoms with Gasteiger partial charge in [-0.25, -0.2) is 8.42 Å². The van der Waals surface area contributed by atoms with E-state index in [1.165, 1.54) is 73.9 Å². The van der Waals surface area contributed by atoms with Crippen molar-refractivity contribution < 1.29 is 31.5 Å². The molecule has 33 heavy (non-hydrogen) atoms. The van der Waals surface area contributed by atoms with Gasteiger partial charge in [0.1, 0.15) is 0 Å². The predicted molar refractivity (Wildman–Crippen MR) is 121 cm³/mol. The van der Waals surface area contributed by atoms with Crippen molar-refractivity contribution in [3.8, 4) is 11.5 Å². The van der Waals surface area contributed by atoms with Gasteiger partial charge >= 0.3 is 6.61 Å². The summed E-state index contributed by atoms with van der Waals surface area (Å²) in [4.78, 5) is 12.6. The quantitative estimate of drug-likeness (QED) is 0.337. The molecule has 3 rings (SSSR count). The van der Waals surface area contributed by atoms with Gasteiger partial charge in [0.2, 0.25) is 0 Å². The van der Waals surface area contributed by atoms with E-state index < -0.39 is 16.6 Å². The number of hydrogen-bond acceptors (Lipinski definition) is 5. The molecule has 0 saturated heterocycles. The van der Waals surface area contributed by atoms with Crippen LogP contribution in [0.3, 0.4) is 0 Å². The standard InChI is InChI=1S/C24H21F2NO5S/c1-16-3-11-20(12-4-16)33(29,30)27-19-9-7-18(8-10-19)21(28)13-5-17-6-14-22(32-24(25)26)23(15-17)31-2/h3-15,24,27H,1-2H3. The molecule has 0 aliphatic rings. The average Bonchev–Trinajstić information content (AvgIpc) is 2.78. The number of carbonyl (C=O) groups excluding carboxylic acids is 1. The van der Waals surface area contributed by atoms with E-state index in [9.17, 15) is 22.0 Å². The highest BCUT2D eigenvalue weighted by Crippen LogP contribution is 2.30. The van der Waals surface area contributed by atoms with E-state index in [2.05, 4.69) is 9.46 Å². The van der Waals surface area contributed by atoms with Crippen molar-refractivity contribution in [3.63, 3.8) is 0 Å². The van der Waals surface area contributed by atoms with Crippen LogP contribution in [0.25, 0.3) is 6.08 Å². The highest BCUT2D eigenvalue weighted by molar-refractivity contribution is 7.92. The Kier molecular flexibility index (Phi) is 7.44. The lowest BCUT2D eigenvalue weighted by Gasteiger charge is -2.10. The van der Waals surface area contributed by atoms with Crippen molar-refractivity contribution in [2.75, 3.05) is 11.8 Å². The van der Waals surface area contributed by atoms with Crippen LogP contribution in [0, 0.1) is 6.92 Å². The number of nitrogens with one attached hydrogen (secondary N) is 1. The molecule has 0 heterocycles. The molecule has 0 aliphatic carbocycles. The third-order valence-electron chi connectivity index (χ3n) is 4.58. The van der Waals surface area contributed by atoms with Gasteiger partial charge in [-0.2, -0.15) is 8.78 Å². The number of alkyl halides is 2. The van der Waals surface area contributed by atoms with Gasteiger partial charge in [0.05, 0.1) is 12.0 Å². The molecule has 3 aromatic carbocycles. The second-order valence-electron chi connectivity index (χ2n) is 6.98. The number of rotatable bonds is 9.